The zero-order valence-electron chi connectivity index (χ0n) is 7.41. The van der Waals surface area contributed by atoms with Gasteiger partial charge in [0, 0.05) is 12.3 Å². The van der Waals surface area contributed by atoms with Gasteiger partial charge in [0.05, 0.1) is 6.20 Å². The highest BCUT2D eigenvalue weighted by Crippen LogP contribution is 1.83. The molecule has 0 saturated heterocycles. The highest BCUT2D eigenvalue weighted by Gasteiger charge is 1.86. The molecule has 0 bridgehead atoms. The molecule has 1 aromatic carbocycles. The molecule has 0 aliphatic carbocycles. The molecular weight excluding hydrogens is 148 g/mol. The first-order chi connectivity index (χ1) is 5.75. The Morgan fingerprint density at radius 1 is 1.42 bits per heavy atom. The van der Waals surface area contributed by atoms with Gasteiger partial charge in [0.25, 0.3) is 0 Å². The van der Waals surface area contributed by atoms with Gasteiger partial charge in [0.1, 0.15) is 0 Å². The second-order valence-electron chi connectivity index (χ2n) is 2.59. The third-order valence-corrected chi connectivity index (χ3v) is 1.72. The van der Waals surface area contributed by atoms with Gasteiger partial charge in [-0.3, -0.25) is 0 Å². The van der Waals surface area contributed by atoms with E-state index in [0.29, 0.717) is 0 Å². The van der Waals surface area contributed by atoms with Gasteiger partial charge in [-0.1, -0.05) is 24.8 Å². The van der Waals surface area contributed by atoms with Crippen molar-refractivity contribution in [1.29, 1.82) is 0 Å². The van der Waals surface area contributed by atoms with Gasteiger partial charge in [0.2, 0.25) is 0 Å². The number of nitrogens with zero attached hydrogens (tertiary/aromatic N) is 2. The van der Waals surface area contributed by atoms with E-state index >= 15 is 0 Å². The minimum absolute atomic E-state index is 0.988. The second kappa shape index (κ2) is 3.81. The van der Waals surface area contributed by atoms with Crippen LogP contribution in [-0.4, -0.2) is 7.05 Å². The lowest BCUT2D eigenvalue weighted by molar-refractivity contribution is 1.19. The lowest BCUT2D eigenvalue weighted by Crippen LogP contribution is -2.24. The summed E-state index contributed by atoms with van der Waals surface area (Å²) in [5.41, 5.74) is 1.18. The van der Waals surface area contributed by atoms with Crippen LogP contribution in [0.4, 0.5) is 0 Å². The first kappa shape index (κ1) is 8.65. The molecule has 0 aliphatic heterocycles. The topological polar surface area (TPSA) is 24.7 Å². The maximum atomic E-state index is 3.90. The van der Waals surface area contributed by atoms with Crippen molar-refractivity contribution in [1.82, 2.24) is 0 Å². The predicted octanol–water partition coefficient (Wildman–Crippen LogP) is 1.23. The Hall–Kier alpha value is -1.44. The number of azo groups is 1. The predicted molar refractivity (Wildman–Crippen MR) is 51.2 cm³/mol. The van der Waals surface area contributed by atoms with Crippen molar-refractivity contribution in [2.75, 3.05) is 7.05 Å². The third kappa shape index (κ3) is 1.78. The molecule has 0 radical (unpaired) electrons. The molecule has 2 heteroatoms. The third-order valence-electron chi connectivity index (χ3n) is 1.72. The van der Waals surface area contributed by atoms with Gasteiger partial charge in [-0.2, -0.15) is 10.2 Å². The summed E-state index contributed by atoms with van der Waals surface area (Å²) >= 11 is 0. The van der Waals surface area contributed by atoms with Crippen LogP contribution >= 0.6 is 0 Å². The van der Waals surface area contributed by atoms with Crippen LogP contribution in [0.5, 0.6) is 0 Å². The van der Waals surface area contributed by atoms with Gasteiger partial charge in [0.15, 0.2) is 0 Å². The minimum Gasteiger partial charge on any atom is -0.193 e. The maximum absolute atomic E-state index is 3.90. The highest BCUT2D eigenvalue weighted by molar-refractivity contribution is 5.30. The zero-order valence-corrected chi connectivity index (χ0v) is 7.41. The van der Waals surface area contributed by atoms with Crippen LogP contribution in [0.1, 0.15) is 5.56 Å². The summed E-state index contributed by atoms with van der Waals surface area (Å²) in [5.74, 6) is 0. The minimum atomic E-state index is 0.988. The molecule has 0 heterocycles. The average Bonchev–Trinajstić information content (AvgIpc) is 2.04. The fourth-order valence-corrected chi connectivity index (χ4v) is 1.04. The van der Waals surface area contributed by atoms with E-state index in [1.165, 1.54) is 5.56 Å². The van der Waals surface area contributed by atoms with E-state index in [2.05, 4.69) is 16.8 Å². The van der Waals surface area contributed by atoms with Crippen LogP contribution in [0.15, 0.2) is 28.4 Å². The molecule has 0 aliphatic rings. The fourth-order valence-electron chi connectivity index (χ4n) is 1.04. The second-order valence-corrected chi connectivity index (χ2v) is 2.59. The quantitative estimate of drug-likeness (QED) is 0.552. The molecule has 62 valence electrons. The SMILES string of the molecule is C=c1cccc(C)/c1=C/N=NC. The molecule has 1 aromatic rings. The molecule has 0 saturated carbocycles. The smallest absolute Gasteiger partial charge is 0.0572 e. The largest absolute Gasteiger partial charge is 0.193 e. The van der Waals surface area contributed by atoms with E-state index in [4.69, 9.17) is 0 Å². The number of rotatable bonds is 1. The zero-order chi connectivity index (χ0) is 8.97. The first-order valence-electron chi connectivity index (χ1n) is 3.79. The van der Waals surface area contributed by atoms with Crippen LogP contribution in [-0.2, 0) is 0 Å². The monoisotopic (exact) mass is 160 g/mol. The Morgan fingerprint density at radius 3 is 2.75 bits per heavy atom. The summed E-state index contributed by atoms with van der Waals surface area (Å²) in [7, 11) is 1.65. The molecule has 0 fully saturated rings. The first-order valence-corrected chi connectivity index (χ1v) is 3.79. The normalized spacial score (nSPS) is 12.7. The van der Waals surface area contributed by atoms with Crippen molar-refractivity contribution in [3.63, 3.8) is 0 Å². The van der Waals surface area contributed by atoms with Crippen LogP contribution in [0.25, 0.3) is 12.8 Å². The number of hydrogen-bond acceptors (Lipinski definition) is 2. The van der Waals surface area contributed by atoms with E-state index in [0.717, 1.165) is 10.4 Å². The van der Waals surface area contributed by atoms with Crippen molar-refractivity contribution < 1.29 is 0 Å². The Morgan fingerprint density at radius 2 is 2.17 bits per heavy atom. The lowest BCUT2D eigenvalue weighted by atomic mass is 10.2. The Bertz CT molecular complexity index is 391. The van der Waals surface area contributed by atoms with Gasteiger partial charge >= 0.3 is 0 Å². The van der Waals surface area contributed by atoms with Crippen molar-refractivity contribution in [2.45, 2.75) is 6.92 Å². The van der Waals surface area contributed by atoms with Crippen molar-refractivity contribution in [3.8, 4) is 0 Å². The van der Waals surface area contributed by atoms with Crippen molar-refractivity contribution >= 4 is 12.8 Å². The van der Waals surface area contributed by atoms with Gasteiger partial charge in [-0.05, 0) is 17.7 Å². The van der Waals surface area contributed by atoms with Crippen LogP contribution in [0.2, 0.25) is 0 Å². The van der Waals surface area contributed by atoms with Gasteiger partial charge in [-0.25, -0.2) is 0 Å². The molecule has 0 unspecified atom stereocenters. The van der Waals surface area contributed by atoms with E-state index < -0.39 is 0 Å². The van der Waals surface area contributed by atoms with Crippen LogP contribution in [0, 0.1) is 6.92 Å². The number of aryl methyl sites for hydroxylation is 1. The molecule has 2 nitrogen and oxygen atoms in total. The van der Waals surface area contributed by atoms with E-state index in [1.54, 1.807) is 13.2 Å². The molecule has 0 atom stereocenters. The molecule has 0 amide bonds. The summed E-state index contributed by atoms with van der Waals surface area (Å²) in [6.07, 6.45) is 1.73. The number of benzene rings is 1. The van der Waals surface area contributed by atoms with Crippen LogP contribution in [0.3, 0.4) is 0 Å². The van der Waals surface area contributed by atoms with Gasteiger partial charge < -0.3 is 0 Å². The molecule has 0 N–H and O–H groups in total. The fraction of sp³-hybridized carbons (Fsp3) is 0.200. The molecule has 0 aromatic heterocycles. The van der Waals surface area contributed by atoms with Crippen molar-refractivity contribution in [2.24, 2.45) is 10.2 Å². The Kier molecular flexibility index (Phi) is 2.75. The summed E-state index contributed by atoms with van der Waals surface area (Å²) in [6.45, 7) is 5.93. The maximum Gasteiger partial charge on any atom is 0.0572 e. The molecular formula is C10H12N2. The summed E-state index contributed by atoms with van der Waals surface area (Å²) in [6, 6.07) is 5.98. The standard InChI is InChI=1S/C10H12N2/c1-8-5-4-6-9(2)10(8)7-12-11-3/h4-7H,1H2,2-3H3/b10-7+,12-11?. The Balaban J connectivity index is 3.41. The summed E-state index contributed by atoms with van der Waals surface area (Å²) < 4.78 is 0. The van der Waals surface area contributed by atoms with Crippen LogP contribution < -0.4 is 10.4 Å². The van der Waals surface area contributed by atoms with Crippen molar-refractivity contribution in [3.05, 3.63) is 34.2 Å². The van der Waals surface area contributed by atoms with E-state index in [1.807, 2.05) is 25.1 Å². The van der Waals surface area contributed by atoms with Gasteiger partial charge in [-0.15, -0.1) is 0 Å². The highest BCUT2D eigenvalue weighted by atomic mass is 15.1. The van der Waals surface area contributed by atoms with E-state index in [9.17, 15) is 0 Å². The summed E-state index contributed by atoms with van der Waals surface area (Å²) in [5, 5.41) is 9.53. The summed E-state index contributed by atoms with van der Waals surface area (Å²) in [4.78, 5) is 0. The Labute approximate surface area is 72.0 Å². The molecule has 1 rings (SSSR count). The van der Waals surface area contributed by atoms with E-state index in [-0.39, 0.29) is 0 Å². The number of hydrogen-bond donors (Lipinski definition) is 0. The average molecular weight is 160 g/mol. The molecule has 0 spiro atoms. The molecule has 12 heavy (non-hydrogen) atoms. The lowest BCUT2D eigenvalue weighted by Gasteiger charge is -1.92.